The Labute approximate surface area is 122 Å². The maximum Gasteiger partial charge on any atom is 0.335 e. The van der Waals surface area contributed by atoms with E-state index in [0.29, 0.717) is 13.1 Å². The van der Waals surface area contributed by atoms with Crippen LogP contribution in [0.1, 0.15) is 21.5 Å². The number of carboxylic acids is 1. The number of aromatic carboxylic acids is 1. The number of furan rings is 1. The lowest BCUT2D eigenvalue weighted by Gasteiger charge is -2.17. The molecule has 110 valence electrons. The van der Waals surface area contributed by atoms with Crippen LogP contribution in [-0.2, 0) is 13.1 Å². The van der Waals surface area contributed by atoms with Gasteiger partial charge in [0.05, 0.1) is 18.1 Å². The SMILES string of the molecule is CN(Cc1ccc(C(=O)O)cc1)C(=O)NCc1ccoc1. The van der Waals surface area contributed by atoms with E-state index in [1.54, 1.807) is 37.8 Å². The minimum atomic E-state index is -0.965. The summed E-state index contributed by atoms with van der Waals surface area (Å²) in [5.74, 6) is -0.965. The Morgan fingerprint density at radius 2 is 1.90 bits per heavy atom. The van der Waals surface area contributed by atoms with Crippen LogP contribution in [-0.4, -0.2) is 29.1 Å². The van der Waals surface area contributed by atoms with Crippen LogP contribution in [0.4, 0.5) is 4.79 Å². The summed E-state index contributed by atoms with van der Waals surface area (Å²) in [6, 6.07) is 8.01. The zero-order valence-corrected chi connectivity index (χ0v) is 11.6. The summed E-state index contributed by atoms with van der Waals surface area (Å²) in [7, 11) is 1.68. The number of amides is 2. The number of carbonyl (C=O) groups is 2. The molecule has 0 unspecified atom stereocenters. The van der Waals surface area contributed by atoms with Crippen LogP contribution in [0.5, 0.6) is 0 Å². The molecule has 0 saturated carbocycles. The molecule has 1 aromatic heterocycles. The minimum Gasteiger partial charge on any atom is -0.478 e. The molecule has 0 aliphatic rings. The summed E-state index contributed by atoms with van der Waals surface area (Å²) in [6.45, 7) is 0.800. The zero-order valence-electron chi connectivity index (χ0n) is 11.6. The molecule has 21 heavy (non-hydrogen) atoms. The molecule has 2 rings (SSSR count). The number of rotatable bonds is 5. The molecule has 2 amide bonds. The first-order valence-corrected chi connectivity index (χ1v) is 6.38. The van der Waals surface area contributed by atoms with Crippen molar-refractivity contribution < 1.29 is 19.1 Å². The Morgan fingerprint density at radius 3 is 2.48 bits per heavy atom. The predicted octanol–water partition coefficient (Wildman–Crippen LogP) is 2.32. The van der Waals surface area contributed by atoms with E-state index in [4.69, 9.17) is 9.52 Å². The molecule has 0 atom stereocenters. The molecular formula is C15H16N2O4. The third-order valence-electron chi connectivity index (χ3n) is 2.99. The summed E-state index contributed by atoms with van der Waals surface area (Å²) in [6.07, 6.45) is 3.13. The molecule has 6 heteroatoms. The highest BCUT2D eigenvalue weighted by Crippen LogP contribution is 2.07. The van der Waals surface area contributed by atoms with Gasteiger partial charge in [-0.25, -0.2) is 9.59 Å². The molecule has 1 heterocycles. The van der Waals surface area contributed by atoms with Gasteiger partial charge in [-0.3, -0.25) is 0 Å². The van der Waals surface area contributed by atoms with E-state index in [0.717, 1.165) is 11.1 Å². The monoisotopic (exact) mass is 288 g/mol. The Hall–Kier alpha value is -2.76. The van der Waals surface area contributed by atoms with Gasteiger partial charge < -0.3 is 19.7 Å². The van der Waals surface area contributed by atoms with Crippen LogP contribution in [0.3, 0.4) is 0 Å². The number of carboxylic acid groups (broad SMARTS) is 1. The highest BCUT2D eigenvalue weighted by atomic mass is 16.4. The molecule has 0 radical (unpaired) electrons. The Morgan fingerprint density at radius 1 is 1.19 bits per heavy atom. The normalized spacial score (nSPS) is 10.1. The van der Waals surface area contributed by atoms with E-state index in [1.807, 2.05) is 0 Å². The maximum atomic E-state index is 11.9. The van der Waals surface area contributed by atoms with Crippen LogP contribution in [0.15, 0.2) is 47.3 Å². The highest BCUT2D eigenvalue weighted by molar-refractivity contribution is 5.87. The fraction of sp³-hybridized carbons (Fsp3) is 0.200. The lowest BCUT2D eigenvalue weighted by molar-refractivity contribution is 0.0697. The van der Waals surface area contributed by atoms with Crippen LogP contribution in [0, 0.1) is 0 Å². The number of benzene rings is 1. The lowest BCUT2D eigenvalue weighted by Crippen LogP contribution is -2.36. The molecule has 0 aliphatic heterocycles. The van der Waals surface area contributed by atoms with Crippen molar-refractivity contribution in [3.05, 3.63) is 59.5 Å². The van der Waals surface area contributed by atoms with Gasteiger partial charge in [0.1, 0.15) is 0 Å². The lowest BCUT2D eigenvalue weighted by atomic mass is 10.1. The van der Waals surface area contributed by atoms with Gasteiger partial charge in [0.15, 0.2) is 0 Å². The van der Waals surface area contributed by atoms with Crippen molar-refractivity contribution in [3.63, 3.8) is 0 Å². The maximum absolute atomic E-state index is 11.9. The van der Waals surface area contributed by atoms with E-state index in [-0.39, 0.29) is 11.6 Å². The van der Waals surface area contributed by atoms with Crippen molar-refractivity contribution in [2.45, 2.75) is 13.1 Å². The van der Waals surface area contributed by atoms with Crippen molar-refractivity contribution in [1.29, 1.82) is 0 Å². The Balaban J connectivity index is 1.86. The largest absolute Gasteiger partial charge is 0.478 e. The predicted molar refractivity (Wildman–Crippen MR) is 75.8 cm³/mol. The first kappa shape index (κ1) is 14.6. The van der Waals surface area contributed by atoms with E-state index in [1.165, 1.54) is 17.0 Å². The molecule has 6 nitrogen and oxygen atoms in total. The van der Waals surface area contributed by atoms with Gasteiger partial charge in [0.2, 0.25) is 0 Å². The average Bonchev–Trinajstić information content (AvgIpc) is 2.98. The second kappa shape index (κ2) is 6.60. The van der Waals surface area contributed by atoms with Crippen LogP contribution >= 0.6 is 0 Å². The van der Waals surface area contributed by atoms with Crippen molar-refractivity contribution in [1.82, 2.24) is 10.2 Å². The summed E-state index contributed by atoms with van der Waals surface area (Å²) < 4.78 is 4.92. The molecule has 0 spiro atoms. The quantitative estimate of drug-likeness (QED) is 0.884. The van der Waals surface area contributed by atoms with Gasteiger partial charge in [0, 0.05) is 25.7 Å². The zero-order chi connectivity index (χ0) is 15.2. The number of hydrogen-bond donors (Lipinski definition) is 2. The van der Waals surface area contributed by atoms with E-state index in [2.05, 4.69) is 5.32 Å². The van der Waals surface area contributed by atoms with Crippen molar-refractivity contribution in [3.8, 4) is 0 Å². The number of nitrogens with zero attached hydrogens (tertiary/aromatic N) is 1. The van der Waals surface area contributed by atoms with Crippen LogP contribution in [0.2, 0.25) is 0 Å². The van der Waals surface area contributed by atoms with Gasteiger partial charge in [-0.1, -0.05) is 12.1 Å². The van der Waals surface area contributed by atoms with E-state index >= 15 is 0 Å². The van der Waals surface area contributed by atoms with Crippen LogP contribution < -0.4 is 5.32 Å². The molecule has 0 aliphatic carbocycles. The van der Waals surface area contributed by atoms with Crippen molar-refractivity contribution in [2.24, 2.45) is 0 Å². The van der Waals surface area contributed by atoms with E-state index < -0.39 is 5.97 Å². The van der Waals surface area contributed by atoms with Crippen molar-refractivity contribution >= 4 is 12.0 Å². The summed E-state index contributed by atoms with van der Waals surface area (Å²) in [4.78, 5) is 24.2. The van der Waals surface area contributed by atoms with Gasteiger partial charge >= 0.3 is 12.0 Å². The number of carbonyl (C=O) groups excluding carboxylic acids is 1. The van der Waals surface area contributed by atoms with Gasteiger partial charge in [-0.15, -0.1) is 0 Å². The molecule has 0 bridgehead atoms. The average molecular weight is 288 g/mol. The van der Waals surface area contributed by atoms with Gasteiger partial charge in [0.25, 0.3) is 0 Å². The summed E-state index contributed by atoms with van der Waals surface area (Å²) in [5, 5.41) is 11.6. The highest BCUT2D eigenvalue weighted by Gasteiger charge is 2.09. The summed E-state index contributed by atoms with van der Waals surface area (Å²) in [5.41, 5.74) is 1.98. The van der Waals surface area contributed by atoms with Gasteiger partial charge in [-0.2, -0.15) is 0 Å². The van der Waals surface area contributed by atoms with E-state index in [9.17, 15) is 9.59 Å². The minimum absolute atomic E-state index is 0.210. The van der Waals surface area contributed by atoms with Crippen molar-refractivity contribution in [2.75, 3.05) is 7.05 Å². The molecule has 2 N–H and O–H groups in total. The summed E-state index contributed by atoms with van der Waals surface area (Å²) >= 11 is 0. The topological polar surface area (TPSA) is 82.8 Å². The molecule has 1 aromatic carbocycles. The molecular weight excluding hydrogens is 272 g/mol. The number of urea groups is 1. The third-order valence-corrected chi connectivity index (χ3v) is 2.99. The fourth-order valence-corrected chi connectivity index (χ4v) is 1.80. The second-order valence-corrected chi connectivity index (χ2v) is 4.65. The number of nitrogens with one attached hydrogen (secondary N) is 1. The fourth-order valence-electron chi connectivity index (χ4n) is 1.80. The first-order valence-electron chi connectivity index (χ1n) is 6.38. The third kappa shape index (κ3) is 4.10. The Kier molecular flexibility index (Phi) is 4.61. The van der Waals surface area contributed by atoms with Crippen LogP contribution in [0.25, 0.3) is 0 Å². The molecule has 0 saturated heterocycles. The number of hydrogen-bond acceptors (Lipinski definition) is 3. The standard InChI is InChI=1S/C15H16N2O4/c1-17(15(20)16-8-12-6-7-21-10-12)9-11-2-4-13(5-3-11)14(18)19/h2-7,10H,8-9H2,1H3,(H,16,20)(H,18,19). The van der Waals surface area contributed by atoms with Gasteiger partial charge in [-0.05, 0) is 23.8 Å². The first-order chi connectivity index (χ1) is 10.1. The molecule has 0 fully saturated rings. The smallest absolute Gasteiger partial charge is 0.335 e. The Bertz CT molecular complexity index is 605. The second-order valence-electron chi connectivity index (χ2n) is 4.65. The molecule has 2 aromatic rings.